The van der Waals surface area contributed by atoms with Gasteiger partial charge < -0.3 is 5.32 Å². The molecule has 0 bridgehead atoms. The van der Waals surface area contributed by atoms with Crippen LogP contribution in [0.1, 0.15) is 50.8 Å². The van der Waals surface area contributed by atoms with E-state index in [1.807, 2.05) is 26.8 Å². The maximum atomic E-state index is 15.0. The first-order valence-electron chi connectivity index (χ1n) is 14.7. The lowest BCUT2D eigenvalue weighted by Gasteiger charge is -2.47. The van der Waals surface area contributed by atoms with Crippen molar-refractivity contribution in [1.82, 2.24) is 15.2 Å². The minimum Gasteiger partial charge on any atom is -0.351 e. The number of nitrogens with zero attached hydrogens (tertiary/aromatic N) is 5. The van der Waals surface area contributed by atoms with Gasteiger partial charge in [0.25, 0.3) is 11.8 Å². The van der Waals surface area contributed by atoms with Crippen LogP contribution in [0.2, 0.25) is 5.02 Å². The number of benzene rings is 2. The van der Waals surface area contributed by atoms with Crippen LogP contribution in [0, 0.1) is 23.0 Å². The van der Waals surface area contributed by atoms with Crippen molar-refractivity contribution in [3.8, 4) is 6.07 Å². The SMILES string of the molecule is CC(C)(C)N1CC(=O)N(c2cc(C#N)ccn2)[C@H](C(=O)N(c2cc(F)cc(F)c2)[C@H](C(=O)NC2CC(F)(F)C2)c2ccccc2Cl)C1. The molecule has 9 nitrogen and oxygen atoms in total. The molecule has 1 N–H and O–H groups in total. The monoisotopic (exact) mass is 670 g/mol. The molecule has 1 aliphatic carbocycles. The Morgan fingerprint density at radius 1 is 1.11 bits per heavy atom. The largest absolute Gasteiger partial charge is 0.351 e. The number of aromatic nitrogens is 1. The molecule has 2 fully saturated rings. The Morgan fingerprint density at radius 3 is 2.36 bits per heavy atom. The highest BCUT2D eigenvalue weighted by Crippen LogP contribution is 2.40. The molecule has 2 aliphatic rings. The van der Waals surface area contributed by atoms with Crippen LogP contribution in [0.25, 0.3) is 0 Å². The van der Waals surface area contributed by atoms with Crippen LogP contribution < -0.4 is 15.1 Å². The smallest absolute Gasteiger partial charge is 0.252 e. The number of halogens is 5. The number of carbonyl (C=O) groups excluding carboxylic acids is 3. The molecule has 5 rings (SSSR count). The predicted octanol–water partition coefficient (Wildman–Crippen LogP) is 5.39. The van der Waals surface area contributed by atoms with Crippen LogP contribution in [0.3, 0.4) is 0 Å². The number of nitriles is 1. The molecule has 1 aromatic heterocycles. The molecule has 3 aromatic rings. The first-order chi connectivity index (χ1) is 22.1. The van der Waals surface area contributed by atoms with Gasteiger partial charge in [0.05, 0.1) is 23.9 Å². The average Bonchev–Trinajstić information content (AvgIpc) is 2.97. The van der Waals surface area contributed by atoms with Gasteiger partial charge in [-0.1, -0.05) is 29.8 Å². The van der Waals surface area contributed by atoms with E-state index < -0.39 is 71.8 Å². The first-order valence-corrected chi connectivity index (χ1v) is 15.1. The zero-order valence-electron chi connectivity index (χ0n) is 25.7. The Bertz CT molecular complexity index is 1730. The van der Waals surface area contributed by atoms with Crippen molar-refractivity contribution in [2.45, 2.75) is 63.2 Å². The van der Waals surface area contributed by atoms with E-state index in [1.165, 1.54) is 36.5 Å². The summed E-state index contributed by atoms with van der Waals surface area (Å²) in [5.41, 5.74) is -0.818. The summed E-state index contributed by atoms with van der Waals surface area (Å²) in [4.78, 5) is 50.8. The maximum absolute atomic E-state index is 15.0. The summed E-state index contributed by atoms with van der Waals surface area (Å²) in [6.45, 7) is 5.26. The molecule has 3 amide bonds. The van der Waals surface area contributed by atoms with Gasteiger partial charge in [-0.3, -0.25) is 29.1 Å². The fourth-order valence-electron chi connectivity index (χ4n) is 5.76. The minimum absolute atomic E-state index is 0.0116. The van der Waals surface area contributed by atoms with E-state index in [0.29, 0.717) is 6.07 Å². The van der Waals surface area contributed by atoms with Gasteiger partial charge in [-0.2, -0.15) is 5.26 Å². The molecule has 1 aliphatic heterocycles. The molecule has 2 aromatic carbocycles. The zero-order valence-corrected chi connectivity index (χ0v) is 26.4. The first kappa shape index (κ1) is 33.8. The Hall–Kier alpha value is -4.54. The van der Waals surface area contributed by atoms with E-state index >= 15 is 4.79 Å². The number of piperazine rings is 1. The van der Waals surface area contributed by atoms with Crippen LogP contribution in [-0.2, 0) is 14.4 Å². The van der Waals surface area contributed by atoms with Gasteiger partial charge in [-0.25, -0.2) is 22.5 Å². The van der Waals surface area contributed by atoms with Gasteiger partial charge in [0, 0.05) is 53.8 Å². The summed E-state index contributed by atoms with van der Waals surface area (Å²) < 4.78 is 57.1. The lowest BCUT2D eigenvalue weighted by atomic mass is 9.87. The standard InChI is InChI=1S/C33H31ClF4N6O3/c1-32(2,3)42-17-26(44(28(45)18-42)27-10-19(16-39)8-9-40-27)31(47)43(23-12-20(35)11-21(36)13-23)29(24-6-4-5-7-25(24)34)30(46)41-22-14-33(37,38)15-22/h4-13,22,26,29H,14-15,17-18H2,1-3H3,(H,41,46)/t26-,29-/m0/s1. The van der Waals surface area contributed by atoms with E-state index in [1.54, 1.807) is 11.0 Å². The Morgan fingerprint density at radius 2 is 1.77 bits per heavy atom. The number of nitrogens with one attached hydrogen (secondary N) is 1. The summed E-state index contributed by atoms with van der Waals surface area (Å²) >= 11 is 6.54. The molecule has 2 atom stereocenters. The molecule has 1 saturated carbocycles. The zero-order chi connectivity index (χ0) is 34.3. The van der Waals surface area contributed by atoms with E-state index in [2.05, 4.69) is 10.3 Å². The summed E-state index contributed by atoms with van der Waals surface area (Å²) in [6, 6.07) is 8.87. The third-order valence-corrected chi connectivity index (χ3v) is 8.50. The van der Waals surface area contributed by atoms with Crippen LogP contribution in [0.4, 0.5) is 29.1 Å². The minimum atomic E-state index is -2.98. The molecular formula is C33H31ClF4N6O3. The number of amides is 3. The van der Waals surface area contributed by atoms with Gasteiger partial charge in [-0.15, -0.1) is 0 Å². The second-order valence-corrected chi connectivity index (χ2v) is 13.0. The third-order valence-electron chi connectivity index (χ3n) is 8.16. The van der Waals surface area contributed by atoms with E-state index in [-0.39, 0.29) is 40.7 Å². The molecular weight excluding hydrogens is 640 g/mol. The molecule has 0 spiro atoms. The topological polar surface area (TPSA) is 110 Å². The van der Waals surface area contributed by atoms with Crippen molar-refractivity contribution < 1.29 is 31.9 Å². The Kier molecular flexibility index (Phi) is 9.30. The van der Waals surface area contributed by atoms with Crippen molar-refractivity contribution in [2.75, 3.05) is 22.9 Å². The molecule has 246 valence electrons. The fraction of sp³-hybridized carbons (Fsp3) is 0.364. The number of anilines is 2. The summed E-state index contributed by atoms with van der Waals surface area (Å²) in [5, 5.41) is 12.1. The number of rotatable bonds is 7. The third kappa shape index (κ3) is 7.24. The second-order valence-electron chi connectivity index (χ2n) is 12.6. The number of alkyl halides is 2. The number of hydrogen-bond acceptors (Lipinski definition) is 6. The summed E-state index contributed by atoms with van der Waals surface area (Å²) in [6.07, 6.45) is 0.0265. The van der Waals surface area contributed by atoms with Gasteiger partial charge in [0.2, 0.25) is 11.8 Å². The number of hydrogen-bond donors (Lipinski definition) is 1. The molecule has 0 unspecified atom stereocenters. The van der Waals surface area contributed by atoms with Crippen LogP contribution in [0.15, 0.2) is 60.8 Å². The van der Waals surface area contributed by atoms with Crippen LogP contribution >= 0.6 is 11.6 Å². The Balaban J connectivity index is 1.70. The molecule has 47 heavy (non-hydrogen) atoms. The second kappa shape index (κ2) is 12.9. The molecule has 0 radical (unpaired) electrons. The highest BCUT2D eigenvalue weighted by molar-refractivity contribution is 6.31. The highest BCUT2D eigenvalue weighted by atomic mass is 35.5. The normalized spacial score (nSPS) is 19.0. The Labute approximate surface area is 273 Å². The summed E-state index contributed by atoms with van der Waals surface area (Å²) in [5.74, 6) is -7.57. The summed E-state index contributed by atoms with van der Waals surface area (Å²) in [7, 11) is 0. The van der Waals surface area contributed by atoms with Crippen molar-refractivity contribution in [3.05, 3.63) is 88.6 Å². The van der Waals surface area contributed by atoms with Crippen LogP contribution in [0.5, 0.6) is 0 Å². The lowest BCUT2D eigenvalue weighted by molar-refractivity contribution is -0.134. The van der Waals surface area contributed by atoms with Crippen molar-refractivity contribution in [3.63, 3.8) is 0 Å². The van der Waals surface area contributed by atoms with Gasteiger partial charge >= 0.3 is 0 Å². The number of pyridine rings is 1. The van der Waals surface area contributed by atoms with E-state index in [4.69, 9.17) is 11.6 Å². The fourth-order valence-corrected chi connectivity index (χ4v) is 5.99. The van der Waals surface area contributed by atoms with Crippen molar-refractivity contribution in [1.29, 1.82) is 5.26 Å². The lowest BCUT2D eigenvalue weighted by Crippen LogP contribution is -2.66. The van der Waals surface area contributed by atoms with Gasteiger partial charge in [-0.05, 0) is 51.1 Å². The molecule has 2 heterocycles. The van der Waals surface area contributed by atoms with Crippen molar-refractivity contribution >= 4 is 40.8 Å². The molecule has 14 heteroatoms. The molecule has 1 saturated heterocycles. The van der Waals surface area contributed by atoms with Gasteiger partial charge in [0.1, 0.15) is 29.5 Å². The average molecular weight is 671 g/mol. The van der Waals surface area contributed by atoms with Crippen LogP contribution in [-0.4, -0.2) is 64.2 Å². The highest BCUT2D eigenvalue weighted by Gasteiger charge is 2.49. The van der Waals surface area contributed by atoms with E-state index in [0.717, 1.165) is 21.9 Å². The van der Waals surface area contributed by atoms with Gasteiger partial charge in [0.15, 0.2) is 0 Å². The van der Waals surface area contributed by atoms with Crippen molar-refractivity contribution in [2.24, 2.45) is 0 Å². The maximum Gasteiger partial charge on any atom is 0.252 e. The number of carbonyl (C=O) groups is 3. The van der Waals surface area contributed by atoms with E-state index in [9.17, 15) is 32.4 Å². The quantitative estimate of drug-likeness (QED) is 0.338. The predicted molar refractivity (Wildman–Crippen MR) is 166 cm³/mol.